The first-order valence-corrected chi connectivity index (χ1v) is 7.76. The predicted octanol–water partition coefficient (Wildman–Crippen LogP) is 3.72. The van der Waals surface area contributed by atoms with E-state index >= 15 is 0 Å². The smallest absolute Gasteiger partial charge is 0.180 e. The lowest BCUT2D eigenvalue weighted by Gasteiger charge is -2.13. The Morgan fingerprint density at radius 1 is 0.958 bits per heavy atom. The molecule has 0 radical (unpaired) electrons. The van der Waals surface area contributed by atoms with Crippen molar-refractivity contribution in [3.05, 3.63) is 70.4 Å². The summed E-state index contributed by atoms with van der Waals surface area (Å²) in [6.45, 7) is 3.74. The van der Waals surface area contributed by atoms with Gasteiger partial charge in [0, 0.05) is 22.1 Å². The number of aromatic hydroxyl groups is 1. The van der Waals surface area contributed by atoms with Gasteiger partial charge in [0.05, 0.1) is 5.52 Å². The average Bonchev–Trinajstić information content (AvgIpc) is 2.83. The van der Waals surface area contributed by atoms with Crippen molar-refractivity contribution in [2.75, 3.05) is 0 Å². The van der Waals surface area contributed by atoms with E-state index in [0.29, 0.717) is 22.2 Å². The fourth-order valence-corrected chi connectivity index (χ4v) is 3.34. The van der Waals surface area contributed by atoms with Crippen molar-refractivity contribution < 1.29 is 14.7 Å². The highest BCUT2D eigenvalue weighted by Gasteiger charge is 2.42. The molecular formula is C20H15NO3. The van der Waals surface area contributed by atoms with Crippen molar-refractivity contribution in [3.8, 4) is 5.75 Å². The molecule has 4 heteroatoms. The van der Waals surface area contributed by atoms with Gasteiger partial charge in [0.2, 0.25) is 0 Å². The first-order valence-electron chi connectivity index (χ1n) is 7.76. The van der Waals surface area contributed by atoms with Crippen LogP contribution in [0.3, 0.4) is 0 Å². The molecule has 0 bridgehead atoms. The SMILES string of the molecule is Cc1ccc2nc(C3C(=O)c4ccccc4C3=O)c(O)c(C)c2c1. The Labute approximate surface area is 138 Å². The number of aryl methyl sites for hydroxylation is 2. The van der Waals surface area contributed by atoms with Crippen LogP contribution in [0.1, 0.15) is 43.5 Å². The normalized spacial score (nSPS) is 14.4. The van der Waals surface area contributed by atoms with E-state index in [1.165, 1.54) is 0 Å². The zero-order valence-corrected chi connectivity index (χ0v) is 13.3. The molecule has 24 heavy (non-hydrogen) atoms. The van der Waals surface area contributed by atoms with E-state index in [9.17, 15) is 14.7 Å². The Kier molecular flexibility index (Phi) is 3.03. The number of ketones is 2. The van der Waals surface area contributed by atoms with Crippen LogP contribution in [-0.2, 0) is 0 Å². The van der Waals surface area contributed by atoms with Gasteiger partial charge in [-0.05, 0) is 26.0 Å². The summed E-state index contributed by atoms with van der Waals surface area (Å²) in [5, 5.41) is 11.4. The molecule has 1 aliphatic carbocycles. The molecule has 0 amide bonds. The molecule has 1 heterocycles. The van der Waals surface area contributed by atoms with Crippen LogP contribution in [0, 0.1) is 13.8 Å². The zero-order valence-electron chi connectivity index (χ0n) is 13.3. The third kappa shape index (κ3) is 1.89. The average molecular weight is 317 g/mol. The van der Waals surface area contributed by atoms with Gasteiger partial charge < -0.3 is 5.11 Å². The molecule has 0 saturated heterocycles. The van der Waals surface area contributed by atoms with Crippen LogP contribution in [0.4, 0.5) is 0 Å². The van der Waals surface area contributed by atoms with Crippen molar-refractivity contribution in [2.45, 2.75) is 19.8 Å². The van der Waals surface area contributed by atoms with E-state index in [-0.39, 0.29) is 23.0 Å². The molecule has 4 rings (SSSR count). The van der Waals surface area contributed by atoms with Crippen molar-refractivity contribution >= 4 is 22.5 Å². The minimum atomic E-state index is -1.06. The fourth-order valence-electron chi connectivity index (χ4n) is 3.34. The summed E-state index contributed by atoms with van der Waals surface area (Å²) in [6.07, 6.45) is 0. The Morgan fingerprint density at radius 3 is 2.21 bits per heavy atom. The summed E-state index contributed by atoms with van der Waals surface area (Å²) >= 11 is 0. The summed E-state index contributed by atoms with van der Waals surface area (Å²) in [7, 11) is 0. The molecule has 0 fully saturated rings. The van der Waals surface area contributed by atoms with Crippen LogP contribution in [0.5, 0.6) is 5.75 Å². The molecule has 1 aliphatic rings. The third-order valence-corrected chi connectivity index (χ3v) is 4.65. The maximum absolute atomic E-state index is 12.7. The van der Waals surface area contributed by atoms with Gasteiger partial charge in [0.1, 0.15) is 17.4 Å². The molecule has 0 aliphatic heterocycles. The zero-order chi connectivity index (χ0) is 17.0. The summed E-state index contributed by atoms with van der Waals surface area (Å²) in [5.74, 6) is -1.74. The number of nitrogens with zero attached hydrogens (tertiary/aromatic N) is 1. The minimum absolute atomic E-state index is 0.0763. The molecule has 118 valence electrons. The maximum atomic E-state index is 12.7. The number of benzene rings is 2. The molecule has 0 saturated carbocycles. The molecule has 2 aromatic carbocycles. The van der Waals surface area contributed by atoms with Crippen molar-refractivity contribution in [1.29, 1.82) is 0 Å². The van der Waals surface area contributed by atoms with Crippen LogP contribution in [-0.4, -0.2) is 21.7 Å². The van der Waals surface area contributed by atoms with Gasteiger partial charge in [-0.2, -0.15) is 0 Å². The lowest BCUT2D eigenvalue weighted by Crippen LogP contribution is -2.15. The number of pyridine rings is 1. The van der Waals surface area contributed by atoms with E-state index < -0.39 is 5.92 Å². The Bertz CT molecular complexity index is 1000. The first-order chi connectivity index (χ1) is 11.5. The molecule has 3 aromatic rings. The summed E-state index contributed by atoms with van der Waals surface area (Å²) < 4.78 is 0. The van der Waals surface area contributed by atoms with E-state index in [4.69, 9.17) is 0 Å². The van der Waals surface area contributed by atoms with Crippen LogP contribution in [0.25, 0.3) is 10.9 Å². The molecule has 0 unspecified atom stereocenters. The van der Waals surface area contributed by atoms with Crippen molar-refractivity contribution in [3.63, 3.8) is 0 Å². The highest BCUT2D eigenvalue weighted by molar-refractivity contribution is 6.29. The van der Waals surface area contributed by atoms with Crippen molar-refractivity contribution in [2.24, 2.45) is 0 Å². The number of Topliss-reactive ketones (excluding diaryl/α,β-unsaturated/α-hetero) is 2. The number of carbonyl (C=O) groups excluding carboxylic acids is 2. The van der Waals surface area contributed by atoms with Gasteiger partial charge in [-0.1, -0.05) is 35.9 Å². The molecule has 1 aromatic heterocycles. The number of fused-ring (bicyclic) bond motifs is 2. The maximum Gasteiger partial charge on any atom is 0.180 e. The number of hydrogen-bond donors (Lipinski definition) is 1. The molecular weight excluding hydrogens is 302 g/mol. The standard InChI is InChI=1S/C20H15NO3/c1-10-7-8-15-14(9-10)11(2)18(22)17(21-15)16-19(23)12-5-3-4-6-13(12)20(16)24/h3-9,16,22H,1-2H3. The predicted molar refractivity (Wildman–Crippen MR) is 90.7 cm³/mol. The fraction of sp³-hybridized carbons (Fsp3) is 0.150. The second kappa shape index (κ2) is 4.99. The van der Waals surface area contributed by atoms with Gasteiger partial charge >= 0.3 is 0 Å². The van der Waals surface area contributed by atoms with Crippen LogP contribution in [0.15, 0.2) is 42.5 Å². The minimum Gasteiger partial charge on any atom is -0.506 e. The van der Waals surface area contributed by atoms with E-state index in [2.05, 4.69) is 4.98 Å². The summed E-state index contributed by atoms with van der Waals surface area (Å²) in [5.41, 5.74) is 3.30. The highest BCUT2D eigenvalue weighted by atomic mass is 16.3. The van der Waals surface area contributed by atoms with Gasteiger partial charge in [-0.3, -0.25) is 9.59 Å². The van der Waals surface area contributed by atoms with Crippen LogP contribution >= 0.6 is 0 Å². The number of hydrogen-bond acceptors (Lipinski definition) is 4. The Hall–Kier alpha value is -3.01. The van der Waals surface area contributed by atoms with E-state index in [1.54, 1.807) is 31.2 Å². The monoisotopic (exact) mass is 317 g/mol. The second-order valence-electron chi connectivity index (χ2n) is 6.20. The van der Waals surface area contributed by atoms with E-state index in [1.807, 2.05) is 25.1 Å². The Morgan fingerprint density at radius 2 is 1.58 bits per heavy atom. The second-order valence-corrected chi connectivity index (χ2v) is 6.20. The number of carbonyl (C=O) groups is 2. The van der Waals surface area contributed by atoms with Gasteiger partial charge in [-0.15, -0.1) is 0 Å². The summed E-state index contributed by atoms with van der Waals surface area (Å²) in [6, 6.07) is 12.4. The highest BCUT2D eigenvalue weighted by Crippen LogP contribution is 2.39. The summed E-state index contributed by atoms with van der Waals surface area (Å²) in [4.78, 5) is 29.8. The topological polar surface area (TPSA) is 67.3 Å². The van der Waals surface area contributed by atoms with Gasteiger partial charge in [-0.25, -0.2) is 4.98 Å². The van der Waals surface area contributed by atoms with E-state index in [0.717, 1.165) is 10.9 Å². The quantitative estimate of drug-likeness (QED) is 0.695. The lowest BCUT2D eigenvalue weighted by molar-refractivity contribution is 0.0886. The number of aromatic nitrogens is 1. The van der Waals surface area contributed by atoms with Crippen molar-refractivity contribution in [1.82, 2.24) is 4.98 Å². The molecule has 0 spiro atoms. The lowest BCUT2D eigenvalue weighted by atomic mass is 9.95. The molecule has 0 atom stereocenters. The first kappa shape index (κ1) is 14.6. The van der Waals surface area contributed by atoms with Crippen LogP contribution in [0.2, 0.25) is 0 Å². The third-order valence-electron chi connectivity index (χ3n) is 4.65. The Balaban J connectivity index is 1.95. The van der Waals surface area contributed by atoms with Gasteiger partial charge in [0.25, 0.3) is 0 Å². The van der Waals surface area contributed by atoms with Crippen LogP contribution < -0.4 is 0 Å². The molecule has 1 N–H and O–H groups in total. The van der Waals surface area contributed by atoms with Gasteiger partial charge in [0.15, 0.2) is 11.6 Å². The molecule has 4 nitrogen and oxygen atoms in total. The largest absolute Gasteiger partial charge is 0.506 e. The number of rotatable bonds is 1.